The first-order valence-corrected chi connectivity index (χ1v) is 7.83. The second kappa shape index (κ2) is 6.41. The molecular formula is C13H21FN4S. The minimum atomic E-state index is -0.340. The Labute approximate surface area is 118 Å². The van der Waals surface area contributed by atoms with Gasteiger partial charge in [-0.1, -0.05) is 13.8 Å². The Bertz CT molecular complexity index is 429. The van der Waals surface area contributed by atoms with E-state index < -0.39 is 0 Å². The van der Waals surface area contributed by atoms with E-state index in [1.54, 1.807) is 0 Å². The largest absolute Gasteiger partial charge is 0.354 e. The van der Waals surface area contributed by atoms with Gasteiger partial charge in [-0.05, 0) is 13.3 Å². The van der Waals surface area contributed by atoms with Crippen molar-refractivity contribution in [2.24, 2.45) is 0 Å². The van der Waals surface area contributed by atoms with Crippen molar-refractivity contribution < 1.29 is 4.39 Å². The van der Waals surface area contributed by atoms with Gasteiger partial charge < -0.3 is 10.2 Å². The second-order valence-electron chi connectivity index (χ2n) is 4.80. The van der Waals surface area contributed by atoms with Crippen molar-refractivity contribution in [3.8, 4) is 0 Å². The van der Waals surface area contributed by atoms with Crippen LogP contribution in [0.25, 0.3) is 0 Å². The van der Waals surface area contributed by atoms with Crippen LogP contribution in [0.5, 0.6) is 0 Å². The molecule has 1 aliphatic heterocycles. The van der Waals surface area contributed by atoms with Crippen LogP contribution in [0, 0.1) is 5.82 Å². The highest BCUT2D eigenvalue weighted by Crippen LogP contribution is 2.29. The molecule has 1 aromatic heterocycles. The summed E-state index contributed by atoms with van der Waals surface area (Å²) >= 11 is 1.93. The van der Waals surface area contributed by atoms with E-state index in [2.05, 4.69) is 41.0 Å². The molecule has 1 aromatic rings. The van der Waals surface area contributed by atoms with Gasteiger partial charge in [0.05, 0.1) is 6.20 Å². The van der Waals surface area contributed by atoms with Crippen LogP contribution in [0.1, 0.15) is 27.2 Å². The first-order chi connectivity index (χ1) is 9.13. The first kappa shape index (κ1) is 14.4. The molecule has 4 nitrogen and oxygen atoms in total. The molecule has 0 bridgehead atoms. The summed E-state index contributed by atoms with van der Waals surface area (Å²) < 4.78 is 14.0. The zero-order chi connectivity index (χ0) is 13.8. The molecule has 2 heterocycles. The summed E-state index contributed by atoms with van der Waals surface area (Å²) in [4.78, 5) is 10.4. The van der Waals surface area contributed by atoms with Crippen molar-refractivity contribution in [2.75, 3.05) is 29.1 Å². The Morgan fingerprint density at radius 1 is 1.53 bits per heavy atom. The molecule has 6 heteroatoms. The number of thioether (sulfide) groups is 1. The Hall–Kier alpha value is -1.04. The van der Waals surface area contributed by atoms with Gasteiger partial charge in [0, 0.05) is 30.1 Å². The van der Waals surface area contributed by atoms with Crippen molar-refractivity contribution in [1.29, 1.82) is 0 Å². The minimum absolute atomic E-state index is 0.280. The van der Waals surface area contributed by atoms with Gasteiger partial charge in [0.15, 0.2) is 11.6 Å². The molecule has 0 spiro atoms. The number of anilines is 2. The van der Waals surface area contributed by atoms with E-state index in [0.29, 0.717) is 17.0 Å². The maximum atomic E-state index is 14.0. The van der Waals surface area contributed by atoms with Gasteiger partial charge in [0.2, 0.25) is 5.95 Å². The maximum absolute atomic E-state index is 14.0. The number of hydrogen-bond acceptors (Lipinski definition) is 5. The number of rotatable bonds is 4. The van der Waals surface area contributed by atoms with Crippen LogP contribution in [0.4, 0.5) is 16.2 Å². The number of halogens is 1. The van der Waals surface area contributed by atoms with E-state index in [1.165, 1.54) is 6.20 Å². The molecule has 1 aliphatic rings. The molecule has 19 heavy (non-hydrogen) atoms. The van der Waals surface area contributed by atoms with Crippen molar-refractivity contribution in [3.63, 3.8) is 0 Å². The lowest BCUT2D eigenvalue weighted by atomic mass is 10.2. The fraction of sp³-hybridized carbons (Fsp3) is 0.692. The molecule has 0 radical (unpaired) electrons. The van der Waals surface area contributed by atoms with Crippen molar-refractivity contribution in [2.45, 2.75) is 38.5 Å². The number of nitrogens with one attached hydrogen (secondary N) is 1. The van der Waals surface area contributed by atoms with Gasteiger partial charge in [-0.15, -0.1) is 0 Å². The second-order valence-corrected chi connectivity index (χ2v) is 6.29. The van der Waals surface area contributed by atoms with Crippen LogP contribution >= 0.6 is 11.8 Å². The number of aromatic nitrogens is 2. The van der Waals surface area contributed by atoms with Gasteiger partial charge in [0.25, 0.3) is 0 Å². The van der Waals surface area contributed by atoms with Crippen LogP contribution in [-0.2, 0) is 0 Å². The summed E-state index contributed by atoms with van der Waals surface area (Å²) in [6.45, 7) is 8.00. The Morgan fingerprint density at radius 2 is 2.32 bits per heavy atom. The zero-order valence-corrected chi connectivity index (χ0v) is 12.5. The number of nitrogens with zero attached hydrogens (tertiary/aromatic N) is 3. The summed E-state index contributed by atoms with van der Waals surface area (Å²) in [5.41, 5.74) is 0. The highest BCUT2D eigenvalue weighted by atomic mass is 32.2. The maximum Gasteiger partial charge on any atom is 0.224 e. The number of hydrogen-bond donors (Lipinski definition) is 1. The Balaban J connectivity index is 2.22. The van der Waals surface area contributed by atoms with E-state index in [-0.39, 0.29) is 11.9 Å². The van der Waals surface area contributed by atoms with E-state index >= 15 is 0 Å². The van der Waals surface area contributed by atoms with Gasteiger partial charge in [-0.2, -0.15) is 16.7 Å². The molecule has 106 valence electrons. The van der Waals surface area contributed by atoms with Gasteiger partial charge >= 0.3 is 0 Å². The highest BCUT2D eigenvalue weighted by molar-refractivity contribution is 8.00. The molecule has 2 rings (SSSR count). The first-order valence-electron chi connectivity index (χ1n) is 6.78. The monoisotopic (exact) mass is 284 g/mol. The third-order valence-electron chi connectivity index (χ3n) is 3.41. The lowest BCUT2D eigenvalue weighted by Gasteiger charge is -2.38. The molecule has 0 aromatic carbocycles. The Morgan fingerprint density at radius 3 is 3.05 bits per heavy atom. The van der Waals surface area contributed by atoms with Gasteiger partial charge in [0.1, 0.15) is 0 Å². The molecule has 0 amide bonds. The summed E-state index contributed by atoms with van der Waals surface area (Å²) in [6, 6.07) is 0.280. The van der Waals surface area contributed by atoms with Crippen molar-refractivity contribution in [1.82, 2.24) is 9.97 Å². The van der Waals surface area contributed by atoms with Crippen LogP contribution in [0.3, 0.4) is 0 Å². The zero-order valence-electron chi connectivity index (χ0n) is 11.7. The average Bonchev–Trinajstić information content (AvgIpc) is 2.41. The third kappa shape index (κ3) is 3.29. The average molecular weight is 284 g/mol. The highest BCUT2D eigenvalue weighted by Gasteiger charge is 2.28. The molecule has 2 atom stereocenters. The van der Waals surface area contributed by atoms with E-state index in [0.717, 1.165) is 25.3 Å². The van der Waals surface area contributed by atoms with E-state index in [9.17, 15) is 4.39 Å². The molecule has 1 N–H and O–H groups in total. The predicted molar refractivity (Wildman–Crippen MR) is 79.5 cm³/mol. The summed E-state index contributed by atoms with van der Waals surface area (Å²) in [6.07, 6.45) is 2.25. The lowest BCUT2D eigenvalue weighted by Crippen LogP contribution is -2.45. The molecule has 0 saturated carbocycles. The van der Waals surface area contributed by atoms with Crippen molar-refractivity contribution >= 4 is 23.5 Å². The van der Waals surface area contributed by atoms with Crippen molar-refractivity contribution in [3.05, 3.63) is 12.0 Å². The molecule has 1 saturated heterocycles. The fourth-order valence-corrected chi connectivity index (χ4v) is 3.21. The molecule has 1 fully saturated rings. The predicted octanol–water partition coefficient (Wildman–Crippen LogP) is 2.77. The fourth-order valence-electron chi connectivity index (χ4n) is 2.11. The van der Waals surface area contributed by atoms with Crippen LogP contribution < -0.4 is 10.2 Å². The summed E-state index contributed by atoms with van der Waals surface area (Å²) in [5.74, 6) is 1.60. The normalized spacial score (nSPS) is 23.5. The van der Waals surface area contributed by atoms with Gasteiger partial charge in [-0.3, -0.25) is 0 Å². The van der Waals surface area contributed by atoms with E-state index in [4.69, 9.17) is 0 Å². The standard InChI is InChI=1S/C13H21FN4S/c1-4-5-15-13-16-8-11(14)12(17-13)18-6-7-19-10(3)9(18)2/h8-10H,4-7H2,1-3H3,(H,15,16,17). The van der Waals surface area contributed by atoms with Crippen LogP contribution in [0.2, 0.25) is 0 Å². The van der Waals surface area contributed by atoms with Gasteiger partial charge in [-0.25, -0.2) is 9.37 Å². The Kier molecular flexibility index (Phi) is 4.85. The summed E-state index contributed by atoms with van der Waals surface area (Å²) in [5, 5.41) is 3.59. The minimum Gasteiger partial charge on any atom is -0.354 e. The molecular weight excluding hydrogens is 263 g/mol. The molecule has 2 unspecified atom stereocenters. The third-order valence-corrected chi connectivity index (χ3v) is 4.75. The lowest BCUT2D eigenvalue weighted by molar-refractivity contribution is 0.568. The van der Waals surface area contributed by atoms with Crippen LogP contribution in [0.15, 0.2) is 6.20 Å². The molecule has 0 aliphatic carbocycles. The van der Waals surface area contributed by atoms with E-state index in [1.807, 2.05) is 11.8 Å². The quantitative estimate of drug-likeness (QED) is 0.920. The van der Waals surface area contributed by atoms with Crippen LogP contribution in [-0.4, -0.2) is 40.1 Å². The SMILES string of the molecule is CCCNc1ncc(F)c(N2CCSC(C)C2C)n1. The smallest absolute Gasteiger partial charge is 0.224 e. The topological polar surface area (TPSA) is 41.1 Å². The summed E-state index contributed by atoms with van der Waals surface area (Å²) in [7, 11) is 0.